The lowest BCUT2D eigenvalue weighted by Crippen LogP contribution is -2.29. The Balaban J connectivity index is 1.70. The molecule has 0 bridgehead atoms. The van der Waals surface area contributed by atoms with Gasteiger partial charge in [-0.25, -0.2) is 0 Å². The first-order chi connectivity index (χ1) is 9.03. The molecule has 4 nitrogen and oxygen atoms in total. The van der Waals surface area contributed by atoms with Gasteiger partial charge in [-0.05, 0) is 25.5 Å². The number of hydrogen-bond acceptors (Lipinski definition) is 4. The van der Waals surface area contributed by atoms with E-state index in [1.807, 2.05) is 32.0 Å². The summed E-state index contributed by atoms with van der Waals surface area (Å²) in [7, 11) is 0. The van der Waals surface area contributed by atoms with Gasteiger partial charge >= 0.3 is 0 Å². The maximum atomic E-state index is 5.76. The summed E-state index contributed by atoms with van der Waals surface area (Å²) in [5.74, 6) is 1.64. The SMILES string of the molecule is CC(Nc1ccc2c(c1)OC(C)(C)O2)C1CCOC1. The lowest BCUT2D eigenvalue weighted by atomic mass is 10.0. The Morgan fingerprint density at radius 3 is 2.79 bits per heavy atom. The molecule has 1 saturated heterocycles. The van der Waals surface area contributed by atoms with Crippen LogP contribution in [0.2, 0.25) is 0 Å². The van der Waals surface area contributed by atoms with Gasteiger partial charge in [0.05, 0.1) is 6.61 Å². The normalized spacial score (nSPS) is 25.3. The van der Waals surface area contributed by atoms with Crippen LogP contribution < -0.4 is 14.8 Å². The van der Waals surface area contributed by atoms with Crippen molar-refractivity contribution in [1.82, 2.24) is 0 Å². The second-order valence-corrected chi connectivity index (χ2v) is 5.82. The average Bonchev–Trinajstić information content (AvgIpc) is 2.93. The molecule has 0 amide bonds. The monoisotopic (exact) mass is 263 g/mol. The fourth-order valence-corrected chi connectivity index (χ4v) is 2.64. The van der Waals surface area contributed by atoms with Crippen molar-refractivity contribution >= 4 is 5.69 Å². The van der Waals surface area contributed by atoms with Crippen LogP contribution in [0, 0.1) is 5.92 Å². The molecule has 2 aliphatic heterocycles. The Morgan fingerprint density at radius 2 is 2.05 bits per heavy atom. The van der Waals surface area contributed by atoms with Gasteiger partial charge in [0.25, 0.3) is 0 Å². The number of hydrogen-bond donors (Lipinski definition) is 1. The molecule has 3 rings (SSSR count). The van der Waals surface area contributed by atoms with Crippen molar-refractivity contribution < 1.29 is 14.2 Å². The first-order valence-corrected chi connectivity index (χ1v) is 6.90. The fourth-order valence-electron chi connectivity index (χ4n) is 2.64. The summed E-state index contributed by atoms with van der Waals surface area (Å²) >= 11 is 0. The highest BCUT2D eigenvalue weighted by Gasteiger charge is 2.32. The van der Waals surface area contributed by atoms with Crippen LogP contribution in [0.3, 0.4) is 0 Å². The van der Waals surface area contributed by atoms with Crippen LogP contribution in [0.15, 0.2) is 18.2 Å². The summed E-state index contributed by atoms with van der Waals surface area (Å²) in [5, 5.41) is 3.53. The molecule has 1 N–H and O–H groups in total. The molecule has 2 atom stereocenters. The van der Waals surface area contributed by atoms with Crippen molar-refractivity contribution in [3.8, 4) is 11.5 Å². The molecule has 0 aromatic heterocycles. The molecule has 4 heteroatoms. The number of benzene rings is 1. The standard InChI is InChI=1S/C15H21NO3/c1-10(11-6-7-17-9-11)16-12-4-5-13-14(8-12)19-15(2,3)18-13/h4-5,8,10-11,16H,6-7,9H2,1-3H3. The van der Waals surface area contributed by atoms with Crippen molar-refractivity contribution in [2.45, 2.75) is 39.0 Å². The van der Waals surface area contributed by atoms with E-state index < -0.39 is 5.79 Å². The molecule has 2 aliphatic rings. The Hall–Kier alpha value is -1.42. The second-order valence-electron chi connectivity index (χ2n) is 5.82. The maximum absolute atomic E-state index is 5.76. The average molecular weight is 263 g/mol. The minimum absolute atomic E-state index is 0.399. The zero-order valence-corrected chi connectivity index (χ0v) is 11.7. The lowest BCUT2D eigenvalue weighted by Gasteiger charge is -2.20. The molecule has 0 aliphatic carbocycles. The first-order valence-electron chi connectivity index (χ1n) is 6.90. The third-order valence-electron chi connectivity index (χ3n) is 3.72. The smallest absolute Gasteiger partial charge is 0.246 e. The summed E-state index contributed by atoms with van der Waals surface area (Å²) in [6.45, 7) is 7.77. The van der Waals surface area contributed by atoms with Gasteiger partial charge in [0.2, 0.25) is 5.79 Å². The Morgan fingerprint density at radius 1 is 1.26 bits per heavy atom. The molecular weight excluding hydrogens is 242 g/mol. The molecule has 19 heavy (non-hydrogen) atoms. The summed E-state index contributed by atoms with van der Waals surface area (Å²) < 4.78 is 16.9. The van der Waals surface area contributed by atoms with Gasteiger partial charge in [0, 0.05) is 44.2 Å². The molecule has 2 heterocycles. The molecule has 0 radical (unpaired) electrons. The van der Waals surface area contributed by atoms with Crippen molar-refractivity contribution in [2.24, 2.45) is 5.92 Å². The van der Waals surface area contributed by atoms with Crippen LogP contribution in [0.25, 0.3) is 0 Å². The van der Waals surface area contributed by atoms with E-state index in [1.54, 1.807) is 0 Å². The van der Waals surface area contributed by atoms with E-state index >= 15 is 0 Å². The summed E-state index contributed by atoms with van der Waals surface area (Å²) in [5.41, 5.74) is 1.07. The van der Waals surface area contributed by atoms with Gasteiger partial charge < -0.3 is 19.5 Å². The minimum Gasteiger partial charge on any atom is -0.449 e. The van der Waals surface area contributed by atoms with Gasteiger partial charge in [0.15, 0.2) is 11.5 Å². The van der Waals surface area contributed by atoms with E-state index in [0.717, 1.165) is 36.8 Å². The Labute approximate surface area is 114 Å². The van der Waals surface area contributed by atoms with Crippen LogP contribution in [-0.2, 0) is 4.74 Å². The van der Waals surface area contributed by atoms with E-state index in [9.17, 15) is 0 Å². The number of anilines is 1. The number of nitrogens with one attached hydrogen (secondary N) is 1. The van der Waals surface area contributed by atoms with Crippen LogP contribution in [0.4, 0.5) is 5.69 Å². The largest absolute Gasteiger partial charge is 0.449 e. The van der Waals surface area contributed by atoms with E-state index in [-0.39, 0.29) is 0 Å². The molecule has 104 valence electrons. The van der Waals surface area contributed by atoms with E-state index in [2.05, 4.69) is 12.2 Å². The predicted molar refractivity (Wildman–Crippen MR) is 73.8 cm³/mol. The highest BCUT2D eigenvalue weighted by atomic mass is 16.7. The second kappa shape index (κ2) is 4.60. The van der Waals surface area contributed by atoms with Crippen molar-refractivity contribution in [3.05, 3.63) is 18.2 Å². The minimum atomic E-state index is -0.564. The quantitative estimate of drug-likeness (QED) is 0.910. The number of rotatable bonds is 3. The zero-order valence-electron chi connectivity index (χ0n) is 11.7. The Bertz CT molecular complexity index is 466. The molecule has 1 fully saturated rings. The molecule has 0 spiro atoms. The molecule has 1 aromatic rings. The Kier molecular flexibility index (Phi) is 3.05. The van der Waals surface area contributed by atoms with Gasteiger partial charge in [-0.1, -0.05) is 0 Å². The number of fused-ring (bicyclic) bond motifs is 1. The third-order valence-corrected chi connectivity index (χ3v) is 3.72. The molecule has 2 unspecified atom stereocenters. The summed E-state index contributed by atoms with van der Waals surface area (Å²) in [6, 6.07) is 6.41. The van der Waals surface area contributed by atoms with E-state index in [4.69, 9.17) is 14.2 Å². The van der Waals surface area contributed by atoms with Gasteiger partial charge in [0.1, 0.15) is 0 Å². The van der Waals surface area contributed by atoms with Crippen molar-refractivity contribution in [2.75, 3.05) is 18.5 Å². The van der Waals surface area contributed by atoms with Crippen LogP contribution in [0.1, 0.15) is 27.2 Å². The van der Waals surface area contributed by atoms with Crippen molar-refractivity contribution in [3.63, 3.8) is 0 Å². The highest BCUT2D eigenvalue weighted by Crippen LogP contribution is 2.40. The predicted octanol–water partition coefficient (Wildman–Crippen LogP) is 3.03. The summed E-state index contributed by atoms with van der Waals surface area (Å²) in [6.07, 6.45) is 1.13. The van der Waals surface area contributed by atoms with Crippen molar-refractivity contribution in [1.29, 1.82) is 0 Å². The van der Waals surface area contributed by atoms with Crippen LogP contribution in [0.5, 0.6) is 11.5 Å². The maximum Gasteiger partial charge on any atom is 0.246 e. The van der Waals surface area contributed by atoms with E-state index in [0.29, 0.717) is 12.0 Å². The fraction of sp³-hybridized carbons (Fsp3) is 0.600. The topological polar surface area (TPSA) is 39.7 Å². The van der Waals surface area contributed by atoms with E-state index in [1.165, 1.54) is 0 Å². The first kappa shape index (κ1) is 12.6. The van der Waals surface area contributed by atoms with Crippen LogP contribution in [-0.4, -0.2) is 25.0 Å². The zero-order chi connectivity index (χ0) is 13.5. The van der Waals surface area contributed by atoms with Crippen LogP contribution >= 0.6 is 0 Å². The molecule has 0 saturated carbocycles. The lowest BCUT2D eigenvalue weighted by molar-refractivity contribution is -0.0431. The highest BCUT2D eigenvalue weighted by molar-refractivity contribution is 5.56. The summed E-state index contributed by atoms with van der Waals surface area (Å²) in [4.78, 5) is 0. The van der Waals surface area contributed by atoms with Gasteiger partial charge in [-0.15, -0.1) is 0 Å². The molecule has 1 aromatic carbocycles. The molecular formula is C15H21NO3. The number of ether oxygens (including phenoxy) is 3. The van der Waals surface area contributed by atoms with Gasteiger partial charge in [-0.2, -0.15) is 0 Å². The third kappa shape index (κ3) is 2.63. The van der Waals surface area contributed by atoms with Gasteiger partial charge in [-0.3, -0.25) is 0 Å².